The molecule has 192 valence electrons. The Bertz CT molecular complexity index is 1470. The highest BCUT2D eigenvalue weighted by molar-refractivity contribution is 5.74. The summed E-state index contributed by atoms with van der Waals surface area (Å²) in [7, 11) is 0. The molecule has 0 heterocycles. The van der Waals surface area contributed by atoms with Gasteiger partial charge in [0.25, 0.3) is 0 Å². The molecular weight excluding hydrogens is 468 g/mol. The third kappa shape index (κ3) is 8.98. The van der Waals surface area contributed by atoms with Crippen LogP contribution in [-0.4, -0.2) is 0 Å². The van der Waals surface area contributed by atoms with E-state index in [2.05, 4.69) is 179 Å². The Labute approximate surface area is 234 Å². The van der Waals surface area contributed by atoms with Gasteiger partial charge in [-0.05, 0) is 65.3 Å². The third-order valence-electron chi connectivity index (χ3n) is 6.53. The summed E-state index contributed by atoms with van der Waals surface area (Å²) in [5, 5.41) is 0. The van der Waals surface area contributed by atoms with Crippen LogP contribution in [0.3, 0.4) is 0 Å². The van der Waals surface area contributed by atoms with Crippen LogP contribution >= 0.6 is 0 Å². The Balaban J connectivity index is 0.000000202. The number of aryl methyl sites for hydroxylation is 3. The molecule has 0 unspecified atom stereocenters. The zero-order valence-corrected chi connectivity index (χ0v) is 23.1. The SMILES string of the molecule is Cc1cccc(C=Cc2ccccc2)c1.Cc1ccccc1C=Cc1ccc(C=Cc2ccccc2C)cc1. The quantitative estimate of drug-likeness (QED) is 0.202. The largest absolute Gasteiger partial charge is 0.0622 e. The maximum atomic E-state index is 2.18. The molecule has 0 radical (unpaired) electrons. The van der Waals surface area contributed by atoms with Crippen molar-refractivity contribution in [2.75, 3.05) is 0 Å². The lowest BCUT2D eigenvalue weighted by Crippen LogP contribution is -1.80. The van der Waals surface area contributed by atoms with E-state index in [0.717, 1.165) is 0 Å². The number of hydrogen-bond acceptors (Lipinski definition) is 0. The molecule has 5 aromatic carbocycles. The van der Waals surface area contributed by atoms with Crippen LogP contribution in [0.1, 0.15) is 50.1 Å². The van der Waals surface area contributed by atoms with E-state index in [0.29, 0.717) is 0 Å². The summed E-state index contributed by atoms with van der Waals surface area (Å²) in [5.41, 5.74) is 11.3. The first kappa shape index (κ1) is 27.4. The van der Waals surface area contributed by atoms with Gasteiger partial charge in [-0.25, -0.2) is 0 Å². The van der Waals surface area contributed by atoms with Crippen molar-refractivity contribution in [3.8, 4) is 0 Å². The predicted molar refractivity (Wildman–Crippen MR) is 173 cm³/mol. The van der Waals surface area contributed by atoms with E-state index in [4.69, 9.17) is 0 Å². The summed E-state index contributed by atoms with van der Waals surface area (Å²) in [6.45, 7) is 6.39. The molecule has 0 aliphatic carbocycles. The lowest BCUT2D eigenvalue weighted by atomic mass is 10.0. The average molecular weight is 505 g/mol. The van der Waals surface area contributed by atoms with Gasteiger partial charge in [0.1, 0.15) is 0 Å². The first-order valence-corrected chi connectivity index (χ1v) is 13.4. The smallest absolute Gasteiger partial charge is 0.0227 e. The molecule has 0 N–H and O–H groups in total. The molecule has 0 heteroatoms. The summed E-state index contributed by atoms with van der Waals surface area (Å²) >= 11 is 0. The van der Waals surface area contributed by atoms with Crippen molar-refractivity contribution in [3.63, 3.8) is 0 Å². The van der Waals surface area contributed by atoms with Crippen LogP contribution in [0.5, 0.6) is 0 Å². The molecule has 0 amide bonds. The predicted octanol–water partition coefficient (Wildman–Crippen LogP) is 10.8. The average Bonchev–Trinajstić information content (AvgIpc) is 2.97. The van der Waals surface area contributed by atoms with Crippen LogP contribution < -0.4 is 0 Å². The molecule has 5 rings (SSSR count). The lowest BCUT2D eigenvalue weighted by molar-refractivity contribution is 1.44. The molecule has 39 heavy (non-hydrogen) atoms. The van der Waals surface area contributed by atoms with Crippen molar-refractivity contribution in [1.82, 2.24) is 0 Å². The molecule has 0 spiro atoms. The monoisotopic (exact) mass is 504 g/mol. The highest BCUT2D eigenvalue weighted by Gasteiger charge is 1.94. The van der Waals surface area contributed by atoms with Crippen molar-refractivity contribution in [2.24, 2.45) is 0 Å². The molecule has 0 nitrogen and oxygen atoms in total. The molecule has 0 bridgehead atoms. The van der Waals surface area contributed by atoms with Gasteiger partial charge < -0.3 is 0 Å². The van der Waals surface area contributed by atoms with Crippen LogP contribution in [-0.2, 0) is 0 Å². The van der Waals surface area contributed by atoms with Gasteiger partial charge in [0.15, 0.2) is 0 Å². The Morgan fingerprint density at radius 2 is 0.744 bits per heavy atom. The van der Waals surface area contributed by atoms with E-state index in [-0.39, 0.29) is 0 Å². The van der Waals surface area contributed by atoms with Crippen molar-refractivity contribution in [2.45, 2.75) is 20.8 Å². The summed E-state index contributed by atoms with van der Waals surface area (Å²) in [5.74, 6) is 0. The Morgan fingerprint density at radius 1 is 0.333 bits per heavy atom. The van der Waals surface area contributed by atoms with Gasteiger partial charge >= 0.3 is 0 Å². The van der Waals surface area contributed by atoms with E-state index in [1.807, 2.05) is 6.07 Å². The van der Waals surface area contributed by atoms with Gasteiger partial charge in [0.05, 0.1) is 0 Å². The number of hydrogen-bond donors (Lipinski definition) is 0. The fourth-order valence-electron chi connectivity index (χ4n) is 4.17. The Kier molecular flexibility index (Phi) is 10.0. The van der Waals surface area contributed by atoms with Crippen LogP contribution in [0.25, 0.3) is 36.5 Å². The van der Waals surface area contributed by atoms with Gasteiger partial charge in [0.2, 0.25) is 0 Å². The molecule has 5 aromatic rings. The van der Waals surface area contributed by atoms with E-state index in [1.54, 1.807) is 0 Å². The highest BCUT2D eigenvalue weighted by Crippen LogP contribution is 2.16. The second-order valence-corrected chi connectivity index (χ2v) is 9.70. The zero-order chi connectivity index (χ0) is 27.3. The fraction of sp³-hybridized carbons (Fsp3) is 0.0769. The number of rotatable bonds is 6. The third-order valence-corrected chi connectivity index (χ3v) is 6.53. The maximum absolute atomic E-state index is 2.18. The van der Waals surface area contributed by atoms with Gasteiger partial charge in [-0.1, -0.05) is 169 Å². The Hall–Kier alpha value is -4.68. The molecule has 0 aliphatic heterocycles. The van der Waals surface area contributed by atoms with Crippen LogP contribution in [0.2, 0.25) is 0 Å². The van der Waals surface area contributed by atoms with Gasteiger partial charge in [-0.15, -0.1) is 0 Å². The van der Waals surface area contributed by atoms with Crippen molar-refractivity contribution < 1.29 is 0 Å². The topological polar surface area (TPSA) is 0 Å². The van der Waals surface area contributed by atoms with Gasteiger partial charge in [-0.3, -0.25) is 0 Å². The first-order valence-electron chi connectivity index (χ1n) is 13.4. The fourth-order valence-corrected chi connectivity index (χ4v) is 4.17. The van der Waals surface area contributed by atoms with Crippen molar-refractivity contribution >= 4 is 36.5 Å². The van der Waals surface area contributed by atoms with E-state index in [9.17, 15) is 0 Å². The molecule has 0 aliphatic rings. The zero-order valence-electron chi connectivity index (χ0n) is 23.1. The maximum Gasteiger partial charge on any atom is -0.0227 e. The normalized spacial score (nSPS) is 11.2. The minimum Gasteiger partial charge on any atom is -0.0622 e. The minimum atomic E-state index is 1.21. The summed E-state index contributed by atoms with van der Waals surface area (Å²) in [6, 6.07) is 44.3. The van der Waals surface area contributed by atoms with Crippen LogP contribution in [0.4, 0.5) is 0 Å². The van der Waals surface area contributed by atoms with Crippen molar-refractivity contribution in [1.29, 1.82) is 0 Å². The summed E-state index contributed by atoms with van der Waals surface area (Å²) in [4.78, 5) is 0. The second-order valence-electron chi connectivity index (χ2n) is 9.70. The lowest BCUT2D eigenvalue weighted by Gasteiger charge is -2.00. The molecule has 0 aromatic heterocycles. The van der Waals surface area contributed by atoms with Crippen LogP contribution in [0.15, 0.2) is 127 Å². The molecule has 0 fully saturated rings. The number of benzene rings is 5. The standard InChI is InChI=1S/C24H22.C15H14/c1-19-7-3-5-9-23(19)17-15-21-11-13-22(14-12-21)16-18-24-10-6-4-8-20(24)2;1-13-6-5-9-15(12-13)11-10-14-7-3-2-4-8-14/h3-18H,1-2H3;2-12H,1H3. The minimum absolute atomic E-state index is 1.21. The molecule has 0 saturated carbocycles. The van der Waals surface area contributed by atoms with E-state index < -0.39 is 0 Å². The summed E-state index contributed by atoms with van der Waals surface area (Å²) < 4.78 is 0. The van der Waals surface area contributed by atoms with E-state index in [1.165, 1.54) is 50.1 Å². The Morgan fingerprint density at radius 3 is 1.26 bits per heavy atom. The van der Waals surface area contributed by atoms with Gasteiger partial charge in [0, 0.05) is 0 Å². The molecule has 0 atom stereocenters. The first-order chi connectivity index (χ1) is 19.1. The van der Waals surface area contributed by atoms with E-state index >= 15 is 0 Å². The highest BCUT2D eigenvalue weighted by atomic mass is 14.0. The molecular formula is C39H36. The molecule has 0 saturated heterocycles. The second kappa shape index (κ2) is 14.3. The van der Waals surface area contributed by atoms with Crippen molar-refractivity contribution in [3.05, 3.63) is 177 Å². The van der Waals surface area contributed by atoms with Gasteiger partial charge in [-0.2, -0.15) is 0 Å². The van der Waals surface area contributed by atoms with Crippen LogP contribution in [0, 0.1) is 20.8 Å². The summed E-state index contributed by atoms with van der Waals surface area (Å²) in [6.07, 6.45) is 13.0.